The predicted octanol–water partition coefficient (Wildman–Crippen LogP) is 3.80. The van der Waals surface area contributed by atoms with E-state index in [0.717, 1.165) is 6.07 Å². The van der Waals surface area contributed by atoms with Gasteiger partial charge in [0.1, 0.15) is 5.76 Å². The molecule has 2 aromatic rings. The molecule has 22 heavy (non-hydrogen) atoms. The molecule has 0 bridgehead atoms. The number of aryl methyl sites for hydroxylation is 3. The Kier molecular flexibility index (Phi) is 4.25. The Labute approximate surface area is 125 Å². The number of rotatable bonds is 3. The number of benzene rings is 1. The summed E-state index contributed by atoms with van der Waals surface area (Å²) in [7, 11) is 0. The van der Waals surface area contributed by atoms with Crippen LogP contribution in [0.25, 0.3) is 0 Å². The molecule has 0 aliphatic carbocycles. The van der Waals surface area contributed by atoms with Crippen LogP contribution in [0.2, 0.25) is 0 Å². The SMILES string of the molecule is Cc1ccc(NC(=O)Cc2c(C)noc2C)cc1C(F)(F)F. The lowest BCUT2D eigenvalue weighted by atomic mass is 10.1. The highest BCUT2D eigenvalue weighted by atomic mass is 19.4. The number of carbonyl (C=O) groups is 1. The Morgan fingerprint density at radius 3 is 2.50 bits per heavy atom. The monoisotopic (exact) mass is 312 g/mol. The van der Waals surface area contributed by atoms with Crippen LogP contribution in [0.1, 0.15) is 28.1 Å². The highest BCUT2D eigenvalue weighted by Gasteiger charge is 2.32. The van der Waals surface area contributed by atoms with Gasteiger partial charge in [0.05, 0.1) is 17.7 Å². The fraction of sp³-hybridized carbons (Fsp3) is 0.333. The Morgan fingerprint density at radius 1 is 1.27 bits per heavy atom. The van der Waals surface area contributed by atoms with Crippen molar-refractivity contribution < 1.29 is 22.5 Å². The summed E-state index contributed by atoms with van der Waals surface area (Å²) < 4.78 is 43.5. The Hall–Kier alpha value is -2.31. The van der Waals surface area contributed by atoms with Crippen LogP contribution < -0.4 is 5.32 Å². The number of hydrogen-bond donors (Lipinski definition) is 1. The van der Waals surface area contributed by atoms with Gasteiger partial charge in [0.15, 0.2) is 0 Å². The molecule has 0 atom stereocenters. The molecule has 0 radical (unpaired) electrons. The number of amides is 1. The average molecular weight is 312 g/mol. The normalized spacial score (nSPS) is 11.5. The fourth-order valence-electron chi connectivity index (χ4n) is 2.13. The number of nitrogens with zero attached hydrogens (tertiary/aromatic N) is 1. The van der Waals surface area contributed by atoms with Gasteiger partial charge in [0.2, 0.25) is 5.91 Å². The standard InChI is InChI=1S/C15H15F3N2O2/c1-8-4-5-11(6-13(8)15(16,17)18)19-14(21)7-12-9(2)20-22-10(12)3/h4-6H,7H2,1-3H3,(H,19,21). The zero-order valence-electron chi connectivity index (χ0n) is 12.3. The second-order valence-electron chi connectivity index (χ2n) is 5.06. The number of aromatic nitrogens is 1. The summed E-state index contributed by atoms with van der Waals surface area (Å²) in [4.78, 5) is 12.0. The van der Waals surface area contributed by atoms with Crippen LogP contribution in [-0.2, 0) is 17.4 Å². The van der Waals surface area contributed by atoms with Crippen LogP contribution >= 0.6 is 0 Å². The van der Waals surface area contributed by atoms with Crippen LogP contribution in [0.4, 0.5) is 18.9 Å². The van der Waals surface area contributed by atoms with Gasteiger partial charge in [0, 0.05) is 11.3 Å². The summed E-state index contributed by atoms with van der Waals surface area (Å²) in [6.07, 6.45) is -4.46. The van der Waals surface area contributed by atoms with Crippen LogP contribution in [-0.4, -0.2) is 11.1 Å². The molecule has 1 heterocycles. The second kappa shape index (κ2) is 5.82. The summed E-state index contributed by atoms with van der Waals surface area (Å²) in [6.45, 7) is 4.75. The largest absolute Gasteiger partial charge is 0.416 e. The van der Waals surface area contributed by atoms with Crippen molar-refractivity contribution >= 4 is 11.6 Å². The molecule has 0 saturated heterocycles. The van der Waals surface area contributed by atoms with Gasteiger partial charge in [-0.1, -0.05) is 11.2 Å². The molecular formula is C15H15F3N2O2. The third-order valence-corrected chi connectivity index (χ3v) is 3.35. The van der Waals surface area contributed by atoms with Crippen molar-refractivity contribution in [2.24, 2.45) is 0 Å². The molecule has 0 aliphatic rings. The predicted molar refractivity (Wildman–Crippen MR) is 74.5 cm³/mol. The molecule has 0 spiro atoms. The van der Waals surface area contributed by atoms with Crippen molar-refractivity contribution in [3.05, 3.63) is 46.3 Å². The van der Waals surface area contributed by atoms with Gasteiger partial charge in [-0.05, 0) is 38.5 Å². The van der Waals surface area contributed by atoms with Crippen molar-refractivity contribution in [3.63, 3.8) is 0 Å². The summed E-state index contributed by atoms with van der Waals surface area (Å²) >= 11 is 0. The number of nitrogens with one attached hydrogen (secondary N) is 1. The van der Waals surface area contributed by atoms with Gasteiger partial charge in [0.25, 0.3) is 0 Å². The lowest BCUT2D eigenvalue weighted by Gasteiger charge is -2.12. The lowest BCUT2D eigenvalue weighted by Crippen LogP contribution is -2.16. The summed E-state index contributed by atoms with van der Waals surface area (Å²) in [5.41, 5.74) is 0.682. The second-order valence-corrected chi connectivity index (χ2v) is 5.06. The molecule has 0 aliphatic heterocycles. The first kappa shape index (κ1) is 16.1. The van der Waals surface area contributed by atoms with Gasteiger partial charge in [-0.15, -0.1) is 0 Å². The maximum Gasteiger partial charge on any atom is 0.416 e. The van der Waals surface area contributed by atoms with Crippen molar-refractivity contribution in [3.8, 4) is 0 Å². The topological polar surface area (TPSA) is 55.1 Å². The van der Waals surface area contributed by atoms with Gasteiger partial charge in [-0.3, -0.25) is 4.79 Å². The summed E-state index contributed by atoms with van der Waals surface area (Å²) in [6, 6.07) is 3.70. The van der Waals surface area contributed by atoms with E-state index < -0.39 is 17.6 Å². The minimum atomic E-state index is -4.45. The Balaban J connectivity index is 2.16. The molecule has 1 amide bonds. The van der Waals surface area contributed by atoms with E-state index in [1.807, 2.05) is 0 Å². The van der Waals surface area contributed by atoms with E-state index in [0.29, 0.717) is 17.0 Å². The molecule has 0 unspecified atom stereocenters. The van der Waals surface area contributed by atoms with E-state index in [2.05, 4.69) is 10.5 Å². The number of carbonyl (C=O) groups excluding carboxylic acids is 1. The number of anilines is 1. The number of hydrogen-bond acceptors (Lipinski definition) is 3. The fourth-order valence-corrected chi connectivity index (χ4v) is 2.13. The van der Waals surface area contributed by atoms with Gasteiger partial charge in [-0.2, -0.15) is 13.2 Å². The van der Waals surface area contributed by atoms with E-state index >= 15 is 0 Å². The molecule has 1 N–H and O–H groups in total. The molecule has 0 saturated carbocycles. The van der Waals surface area contributed by atoms with E-state index in [9.17, 15) is 18.0 Å². The minimum absolute atomic E-state index is 0.00358. The molecule has 1 aromatic carbocycles. The molecule has 2 rings (SSSR count). The first-order valence-corrected chi connectivity index (χ1v) is 6.58. The number of halogens is 3. The van der Waals surface area contributed by atoms with Crippen molar-refractivity contribution in [1.29, 1.82) is 0 Å². The number of alkyl halides is 3. The molecule has 118 valence electrons. The van der Waals surface area contributed by atoms with Crippen molar-refractivity contribution in [1.82, 2.24) is 5.16 Å². The first-order chi connectivity index (χ1) is 10.2. The highest BCUT2D eigenvalue weighted by molar-refractivity contribution is 5.92. The third kappa shape index (κ3) is 3.47. The molecule has 4 nitrogen and oxygen atoms in total. The van der Waals surface area contributed by atoms with Crippen LogP contribution in [0.3, 0.4) is 0 Å². The molecule has 1 aromatic heterocycles. The quantitative estimate of drug-likeness (QED) is 0.938. The molecule has 0 fully saturated rings. The smallest absolute Gasteiger partial charge is 0.361 e. The van der Waals surface area contributed by atoms with Crippen molar-refractivity contribution in [2.45, 2.75) is 33.4 Å². The minimum Gasteiger partial charge on any atom is -0.361 e. The summed E-state index contributed by atoms with van der Waals surface area (Å²) in [5, 5.41) is 6.20. The summed E-state index contributed by atoms with van der Waals surface area (Å²) in [5.74, 6) is 0.0962. The highest BCUT2D eigenvalue weighted by Crippen LogP contribution is 2.33. The molecular weight excluding hydrogens is 297 g/mol. The maximum absolute atomic E-state index is 12.8. The van der Waals surface area contributed by atoms with Crippen LogP contribution in [0, 0.1) is 20.8 Å². The van der Waals surface area contributed by atoms with E-state index in [4.69, 9.17) is 4.52 Å². The first-order valence-electron chi connectivity index (χ1n) is 6.58. The Morgan fingerprint density at radius 2 is 1.95 bits per heavy atom. The zero-order chi connectivity index (χ0) is 16.5. The van der Waals surface area contributed by atoms with Crippen LogP contribution in [0.5, 0.6) is 0 Å². The Bertz CT molecular complexity index is 686. The lowest BCUT2D eigenvalue weighted by molar-refractivity contribution is -0.138. The van der Waals surface area contributed by atoms with Gasteiger partial charge in [-0.25, -0.2) is 0 Å². The van der Waals surface area contributed by atoms with Gasteiger partial charge >= 0.3 is 6.18 Å². The molecule has 7 heteroatoms. The zero-order valence-corrected chi connectivity index (χ0v) is 12.3. The maximum atomic E-state index is 12.8. The van der Waals surface area contributed by atoms with E-state index in [1.165, 1.54) is 19.1 Å². The van der Waals surface area contributed by atoms with E-state index in [-0.39, 0.29) is 17.7 Å². The van der Waals surface area contributed by atoms with E-state index in [1.54, 1.807) is 13.8 Å². The van der Waals surface area contributed by atoms with Crippen molar-refractivity contribution in [2.75, 3.05) is 5.32 Å². The van der Waals surface area contributed by atoms with Crippen LogP contribution in [0.15, 0.2) is 22.7 Å². The average Bonchev–Trinajstić information content (AvgIpc) is 2.71. The third-order valence-electron chi connectivity index (χ3n) is 3.35. The van der Waals surface area contributed by atoms with Gasteiger partial charge < -0.3 is 9.84 Å².